The predicted octanol–water partition coefficient (Wildman–Crippen LogP) is 3.63. The van der Waals surface area contributed by atoms with E-state index in [1.54, 1.807) is 19.3 Å². The molecule has 1 aromatic rings. The molecule has 0 N–H and O–H groups in total. The second kappa shape index (κ2) is 6.94. The number of hydrogen-bond donors (Lipinski definition) is 0. The summed E-state index contributed by atoms with van der Waals surface area (Å²) in [5.74, 6) is 0.174. The van der Waals surface area contributed by atoms with Crippen molar-refractivity contribution in [1.82, 2.24) is 4.98 Å². The van der Waals surface area contributed by atoms with Crippen LogP contribution in [0.1, 0.15) is 45.1 Å². The highest BCUT2D eigenvalue weighted by Gasteiger charge is 2.03. The minimum absolute atomic E-state index is 0.174. The fourth-order valence-corrected chi connectivity index (χ4v) is 1.58. The Morgan fingerprint density at radius 2 is 2.00 bits per heavy atom. The van der Waals surface area contributed by atoms with Gasteiger partial charge >= 0.3 is 0 Å². The van der Waals surface area contributed by atoms with Gasteiger partial charge in [0.15, 0.2) is 5.78 Å². The van der Waals surface area contributed by atoms with Crippen molar-refractivity contribution in [3.63, 3.8) is 0 Å². The van der Waals surface area contributed by atoms with E-state index >= 15 is 0 Å². The van der Waals surface area contributed by atoms with E-state index in [0.717, 1.165) is 24.0 Å². The molecule has 0 amide bonds. The Hall–Kier alpha value is -1.44. The van der Waals surface area contributed by atoms with Crippen LogP contribution in [0.3, 0.4) is 0 Å². The van der Waals surface area contributed by atoms with Gasteiger partial charge in [0.1, 0.15) is 0 Å². The van der Waals surface area contributed by atoms with E-state index in [4.69, 9.17) is 0 Å². The third kappa shape index (κ3) is 4.39. The molecule has 2 nitrogen and oxygen atoms in total. The lowest BCUT2D eigenvalue weighted by Crippen LogP contribution is -1.96. The van der Waals surface area contributed by atoms with Gasteiger partial charge < -0.3 is 0 Å². The summed E-state index contributed by atoms with van der Waals surface area (Å²) in [6, 6.07) is 3.84. The number of unbranched alkanes of at least 4 members (excludes halogenated alkanes) is 2. The molecule has 16 heavy (non-hydrogen) atoms. The van der Waals surface area contributed by atoms with Crippen LogP contribution < -0.4 is 0 Å². The molecule has 0 saturated carbocycles. The van der Waals surface area contributed by atoms with Crippen molar-refractivity contribution in [2.24, 2.45) is 0 Å². The van der Waals surface area contributed by atoms with Crippen LogP contribution in [-0.2, 0) is 4.79 Å². The number of aromatic nitrogens is 1. The highest BCUT2D eigenvalue weighted by molar-refractivity contribution is 5.97. The van der Waals surface area contributed by atoms with E-state index in [-0.39, 0.29) is 5.78 Å². The molecule has 0 saturated heterocycles. The zero-order valence-electron chi connectivity index (χ0n) is 10.1. The van der Waals surface area contributed by atoms with Gasteiger partial charge in [0.2, 0.25) is 0 Å². The van der Waals surface area contributed by atoms with Crippen molar-refractivity contribution < 1.29 is 4.79 Å². The van der Waals surface area contributed by atoms with E-state index in [1.165, 1.54) is 12.8 Å². The fraction of sp³-hybridized carbons (Fsp3) is 0.429. The van der Waals surface area contributed by atoms with Gasteiger partial charge in [-0.15, -0.1) is 0 Å². The largest absolute Gasteiger partial charge is 0.295 e. The Bertz CT molecular complexity index is 354. The molecule has 1 heterocycles. The van der Waals surface area contributed by atoms with Gasteiger partial charge in [0.05, 0.1) is 0 Å². The third-order valence-corrected chi connectivity index (χ3v) is 2.55. The Kier molecular flexibility index (Phi) is 5.48. The van der Waals surface area contributed by atoms with Crippen LogP contribution in [0, 0.1) is 0 Å². The van der Waals surface area contributed by atoms with E-state index in [9.17, 15) is 4.79 Å². The lowest BCUT2D eigenvalue weighted by Gasteiger charge is -2.03. The molecule has 0 aromatic carbocycles. The standard InChI is InChI=1S/C14H19NO/c1-3-4-5-6-14(12(2)16)11-13-7-9-15-10-8-13/h7-11H,3-6H2,1-2H3/b14-11+. The number of rotatable bonds is 6. The van der Waals surface area contributed by atoms with E-state index < -0.39 is 0 Å². The molecule has 2 heteroatoms. The summed E-state index contributed by atoms with van der Waals surface area (Å²) in [5, 5.41) is 0. The number of carbonyl (C=O) groups is 1. The number of hydrogen-bond acceptors (Lipinski definition) is 2. The molecule has 86 valence electrons. The Balaban J connectivity index is 2.70. The molecule has 0 spiro atoms. The van der Waals surface area contributed by atoms with E-state index in [0.29, 0.717) is 0 Å². The smallest absolute Gasteiger partial charge is 0.155 e. The van der Waals surface area contributed by atoms with Crippen molar-refractivity contribution >= 4 is 11.9 Å². The summed E-state index contributed by atoms with van der Waals surface area (Å²) < 4.78 is 0. The maximum Gasteiger partial charge on any atom is 0.155 e. The third-order valence-electron chi connectivity index (χ3n) is 2.55. The van der Waals surface area contributed by atoms with Gasteiger partial charge in [-0.3, -0.25) is 9.78 Å². The molecule has 0 atom stereocenters. The lowest BCUT2D eigenvalue weighted by molar-refractivity contribution is -0.113. The van der Waals surface area contributed by atoms with Crippen LogP contribution >= 0.6 is 0 Å². The molecular weight excluding hydrogens is 198 g/mol. The number of nitrogens with zero attached hydrogens (tertiary/aromatic N) is 1. The van der Waals surface area contributed by atoms with Crippen molar-refractivity contribution in [1.29, 1.82) is 0 Å². The maximum atomic E-state index is 11.5. The molecule has 0 radical (unpaired) electrons. The molecule has 0 aliphatic carbocycles. The molecule has 1 aromatic heterocycles. The van der Waals surface area contributed by atoms with Gasteiger partial charge in [-0.25, -0.2) is 0 Å². The summed E-state index contributed by atoms with van der Waals surface area (Å²) in [4.78, 5) is 15.4. The molecule has 0 unspecified atom stereocenters. The second-order valence-corrected chi connectivity index (χ2v) is 3.96. The highest BCUT2D eigenvalue weighted by atomic mass is 16.1. The number of allylic oxidation sites excluding steroid dienone is 1. The minimum Gasteiger partial charge on any atom is -0.295 e. The Morgan fingerprint density at radius 1 is 1.31 bits per heavy atom. The Labute approximate surface area is 97.4 Å². The lowest BCUT2D eigenvalue weighted by atomic mass is 10.0. The average molecular weight is 217 g/mol. The minimum atomic E-state index is 0.174. The second-order valence-electron chi connectivity index (χ2n) is 3.96. The SMILES string of the molecule is CCCCC/C(=C\c1ccncc1)C(C)=O. The molecular formula is C14H19NO. The van der Waals surface area contributed by atoms with Crippen molar-refractivity contribution in [3.8, 4) is 0 Å². The van der Waals surface area contributed by atoms with Crippen LogP contribution in [0.2, 0.25) is 0 Å². The Morgan fingerprint density at radius 3 is 2.56 bits per heavy atom. The summed E-state index contributed by atoms with van der Waals surface area (Å²) in [7, 11) is 0. The van der Waals surface area contributed by atoms with Crippen LogP contribution in [-0.4, -0.2) is 10.8 Å². The topological polar surface area (TPSA) is 30.0 Å². The van der Waals surface area contributed by atoms with Crippen molar-refractivity contribution in [3.05, 3.63) is 35.7 Å². The first-order valence-electron chi connectivity index (χ1n) is 5.85. The molecule has 1 rings (SSSR count). The quantitative estimate of drug-likeness (QED) is 0.538. The van der Waals surface area contributed by atoms with Crippen LogP contribution in [0.25, 0.3) is 6.08 Å². The maximum absolute atomic E-state index is 11.5. The monoisotopic (exact) mass is 217 g/mol. The summed E-state index contributed by atoms with van der Waals surface area (Å²) in [6.45, 7) is 3.80. The van der Waals surface area contributed by atoms with Gasteiger partial charge in [0, 0.05) is 12.4 Å². The predicted molar refractivity (Wildman–Crippen MR) is 67.0 cm³/mol. The summed E-state index contributed by atoms with van der Waals surface area (Å²) >= 11 is 0. The van der Waals surface area contributed by atoms with E-state index in [2.05, 4.69) is 11.9 Å². The van der Waals surface area contributed by atoms with Crippen LogP contribution in [0.4, 0.5) is 0 Å². The van der Waals surface area contributed by atoms with Crippen molar-refractivity contribution in [2.45, 2.75) is 39.5 Å². The van der Waals surface area contributed by atoms with Gasteiger partial charge in [-0.05, 0) is 49.1 Å². The summed E-state index contributed by atoms with van der Waals surface area (Å²) in [5.41, 5.74) is 1.97. The van der Waals surface area contributed by atoms with E-state index in [1.807, 2.05) is 18.2 Å². The zero-order valence-corrected chi connectivity index (χ0v) is 10.1. The first kappa shape index (κ1) is 12.6. The van der Waals surface area contributed by atoms with Gasteiger partial charge in [-0.2, -0.15) is 0 Å². The molecule has 0 aliphatic heterocycles. The van der Waals surface area contributed by atoms with Gasteiger partial charge in [0.25, 0.3) is 0 Å². The first-order chi connectivity index (χ1) is 7.74. The highest BCUT2D eigenvalue weighted by Crippen LogP contribution is 2.14. The number of pyridine rings is 1. The van der Waals surface area contributed by atoms with Crippen LogP contribution in [0.15, 0.2) is 30.1 Å². The number of ketones is 1. The average Bonchev–Trinajstić information content (AvgIpc) is 2.29. The number of Topliss-reactive ketones (excluding diaryl/α,β-unsaturated/α-hetero) is 1. The van der Waals surface area contributed by atoms with Gasteiger partial charge in [-0.1, -0.05) is 19.8 Å². The molecule has 0 bridgehead atoms. The normalized spacial score (nSPS) is 11.5. The fourth-order valence-electron chi connectivity index (χ4n) is 1.58. The van der Waals surface area contributed by atoms with Crippen molar-refractivity contribution in [2.75, 3.05) is 0 Å². The summed E-state index contributed by atoms with van der Waals surface area (Å²) in [6.07, 6.45) is 9.80. The zero-order chi connectivity index (χ0) is 11.8. The number of carbonyl (C=O) groups excluding carboxylic acids is 1. The molecule has 0 fully saturated rings. The first-order valence-corrected chi connectivity index (χ1v) is 5.85. The molecule has 0 aliphatic rings. The van der Waals surface area contributed by atoms with Crippen LogP contribution in [0.5, 0.6) is 0 Å².